The van der Waals surface area contributed by atoms with E-state index in [9.17, 15) is 14.4 Å². The fourth-order valence-electron chi connectivity index (χ4n) is 4.03. The lowest BCUT2D eigenvalue weighted by molar-refractivity contribution is -0.124. The number of aryl methyl sites for hydroxylation is 2. The number of amides is 2. The smallest absolute Gasteiger partial charge is 0.262 e. The highest BCUT2D eigenvalue weighted by Gasteiger charge is 2.20. The molecule has 0 saturated heterocycles. The van der Waals surface area contributed by atoms with E-state index in [4.69, 9.17) is 0 Å². The molecule has 0 saturated carbocycles. The van der Waals surface area contributed by atoms with E-state index in [2.05, 4.69) is 20.6 Å². The van der Waals surface area contributed by atoms with Gasteiger partial charge in [0.2, 0.25) is 11.8 Å². The average molecular weight is 448 g/mol. The number of benzene rings is 1. The van der Waals surface area contributed by atoms with Gasteiger partial charge in [-0.2, -0.15) is 0 Å². The van der Waals surface area contributed by atoms with E-state index in [1.165, 1.54) is 15.8 Å². The van der Waals surface area contributed by atoms with E-state index in [0.29, 0.717) is 11.1 Å². The molecule has 8 nitrogen and oxygen atoms in total. The van der Waals surface area contributed by atoms with Crippen LogP contribution in [0.5, 0.6) is 0 Å². The average Bonchev–Trinajstić information content (AvgIpc) is 3.19. The molecule has 0 unspecified atom stereocenters. The number of rotatable bonds is 5. The summed E-state index contributed by atoms with van der Waals surface area (Å²) in [4.78, 5) is 48.2. The largest absolute Gasteiger partial charge is 0.345 e. The molecule has 32 heavy (non-hydrogen) atoms. The standard InChI is InChI=1S/C23H21N5O3S/c29-19(27-15-9-14-5-1-3-7-17(14)24-10-15)11-25-20(30)12-28-13-26-22-21(23(28)31)16-6-2-4-8-18(16)32-22/h1,3,5,7,9-10,13H,2,4,6,8,11-12H2,(H,25,30)(H,27,29). The Hall–Kier alpha value is -3.59. The van der Waals surface area contributed by atoms with Crippen molar-refractivity contribution < 1.29 is 9.59 Å². The second kappa shape index (κ2) is 8.51. The van der Waals surface area contributed by atoms with E-state index in [0.717, 1.165) is 47.0 Å². The van der Waals surface area contributed by atoms with Gasteiger partial charge in [0.1, 0.15) is 11.4 Å². The second-order valence-corrected chi connectivity index (χ2v) is 8.89. The molecular formula is C23H21N5O3S. The number of carbonyl (C=O) groups excluding carboxylic acids is 2. The van der Waals surface area contributed by atoms with E-state index in [1.54, 1.807) is 17.5 Å². The number of hydrogen-bond acceptors (Lipinski definition) is 6. The minimum atomic E-state index is -0.427. The molecule has 9 heteroatoms. The van der Waals surface area contributed by atoms with Gasteiger partial charge < -0.3 is 10.6 Å². The lowest BCUT2D eigenvalue weighted by Crippen LogP contribution is -2.37. The third-order valence-corrected chi connectivity index (χ3v) is 6.78. The summed E-state index contributed by atoms with van der Waals surface area (Å²) >= 11 is 1.57. The number of carbonyl (C=O) groups is 2. The number of nitrogens with zero attached hydrogens (tertiary/aromatic N) is 3. The van der Waals surface area contributed by atoms with Gasteiger partial charge >= 0.3 is 0 Å². The Morgan fingerprint density at radius 3 is 2.84 bits per heavy atom. The number of thiophene rings is 1. The molecule has 0 spiro atoms. The quantitative estimate of drug-likeness (QED) is 0.489. The fourth-order valence-corrected chi connectivity index (χ4v) is 5.25. The predicted molar refractivity (Wildman–Crippen MR) is 124 cm³/mol. The summed E-state index contributed by atoms with van der Waals surface area (Å²) in [5.41, 5.74) is 2.28. The first-order valence-corrected chi connectivity index (χ1v) is 11.3. The van der Waals surface area contributed by atoms with Crippen molar-refractivity contribution in [3.05, 3.63) is 63.7 Å². The van der Waals surface area contributed by atoms with Crippen molar-refractivity contribution in [1.82, 2.24) is 19.9 Å². The lowest BCUT2D eigenvalue weighted by atomic mass is 9.97. The lowest BCUT2D eigenvalue weighted by Gasteiger charge is -2.11. The molecule has 3 aromatic heterocycles. The molecule has 0 radical (unpaired) electrons. The molecule has 1 aromatic carbocycles. The number of pyridine rings is 1. The molecule has 0 bridgehead atoms. The number of hydrogen-bond donors (Lipinski definition) is 2. The minimum absolute atomic E-state index is 0.183. The first-order chi connectivity index (χ1) is 15.6. The van der Waals surface area contributed by atoms with Gasteiger partial charge in [0.25, 0.3) is 5.56 Å². The zero-order chi connectivity index (χ0) is 22.1. The van der Waals surface area contributed by atoms with Crippen LogP contribution in [0.3, 0.4) is 0 Å². The Labute approximate surface area is 187 Å². The van der Waals surface area contributed by atoms with Crippen molar-refractivity contribution in [2.24, 2.45) is 0 Å². The molecule has 3 heterocycles. The van der Waals surface area contributed by atoms with E-state index >= 15 is 0 Å². The normalized spacial score (nSPS) is 13.1. The summed E-state index contributed by atoms with van der Waals surface area (Å²) in [6.45, 7) is -0.388. The number of anilines is 1. The third-order valence-electron chi connectivity index (χ3n) is 5.58. The van der Waals surface area contributed by atoms with Crippen LogP contribution in [0.15, 0.2) is 47.7 Å². The van der Waals surface area contributed by atoms with Gasteiger partial charge in [-0.25, -0.2) is 4.98 Å². The van der Waals surface area contributed by atoms with Crippen LogP contribution in [0.25, 0.3) is 21.1 Å². The molecule has 5 rings (SSSR count). The van der Waals surface area contributed by atoms with Crippen LogP contribution in [-0.4, -0.2) is 32.9 Å². The highest BCUT2D eigenvalue weighted by atomic mass is 32.1. The maximum Gasteiger partial charge on any atom is 0.262 e. The highest BCUT2D eigenvalue weighted by Crippen LogP contribution is 2.33. The molecule has 162 valence electrons. The monoisotopic (exact) mass is 447 g/mol. The van der Waals surface area contributed by atoms with Crippen LogP contribution in [0.4, 0.5) is 5.69 Å². The highest BCUT2D eigenvalue weighted by molar-refractivity contribution is 7.18. The summed E-state index contributed by atoms with van der Waals surface area (Å²) < 4.78 is 1.31. The molecular weight excluding hydrogens is 426 g/mol. The minimum Gasteiger partial charge on any atom is -0.345 e. The number of para-hydroxylation sites is 1. The van der Waals surface area contributed by atoms with Crippen LogP contribution in [0, 0.1) is 0 Å². The Bertz CT molecular complexity index is 1410. The Kier molecular flexibility index (Phi) is 5.40. The van der Waals surface area contributed by atoms with Crippen LogP contribution in [-0.2, 0) is 29.0 Å². The van der Waals surface area contributed by atoms with E-state index in [-0.39, 0.29) is 24.6 Å². The maximum atomic E-state index is 12.9. The van der Waals surface area contributed by atoms with Crippen molar-refractivity contribution >= 4 is 50.0 Å². The van der Waals surface area contributed by atoms with Gasteiger partial charge in [0.05, 0.1) is 35.7 Å². The van der Waals surface area contributed by atoms with Crippen LogP contribution in [0.1, 0.15) is 23.3 Å². The summed E-state index contributed by atoms with van der Waals surface area (Å²) in [6, 6.07) is 9.42. The van der Waals surface area contributed by atoms with Crippen molar-refractivity contribution in [3.63, 3.8) is 0 Å². The Morgan fingerprint density at radius 2 is 1.94 bits per heavy atom. The molecule has 2 N–H and O–H groups in total. The summed E-state index contributed by atoms with van der Waals surface area (Å²) in [5.74, 6) is -0.799. The Morgan fingerprint density at radius 1 is 1.09 bits per heavy atom. The fraction of sp³-hybridized carbons (Fsp3) is 0.261. The molecule has 1 aliphatic rings. The van der Waals surface area contributed by atoms with Crippen molar-refractivity contribution in [2.75, 3.05) is 11.9 Å². The van der Waals surface area contributed by atoms with Crippen molar-refractivity contribution in [1.29, 1.82) is 0 Å². The van der Waals surface area contributed by atoms with Gasteiger partial charge in [-0.3, -0.25) is 23.9 Å². The van der Waals surface area contributed by atoms with Crippen molar-refractivity contribution in [2.45, 2.75) is 32.2 Å². The van der Waals surface area contributed by atoms with E-state index in [1.807, 2.05) is 30.3 Å². The molecule has 0 atom stereocenters. The van der Waals surface area contributed by atoms with Gasteiger partial charge in [-0.15, -0.1) is 11.3 Å². The second-order valence-electron chi connectivity index (χ2n) is 7.81. The summed E-state index contributed by atoms with van der Waals surface area (Å²) in [7, 11) is 0. The first-order valence-electron chi connectivity index (χ1n) is 10.5. The number of aromatic nitrogens is 3. The Balaban J connectivity index is 1.22. The molecule has 2 amide bonds. The van der Waals surface area contributed by atoms with Gasteiger partial charge in [-0.1, -0.05) is 18.2 Å². The summed E-state index contributed by atoms with van der Waals surface area (Å²) in [5, 5.41) is 6.84. The molecule has 0 aliphatic heterocycles. The maximum absolute atomic E-state index is 12.9. The number of nitrogens with one attached hydrogen (secondary N) is 2. The zero-order valence-electron chi connectivity index (χ0n) is 17.3. The van der Waals surface area contributed by atoms with Crippen molar-refractivity contribution in [3.8, 4) is 0 Å². The van der Waals surface area contributed by atoms with Gasteiger partial charge in [-0.05, 0) is 43.4 Å². The van der Waals surface area contributed by atoms with Gasteiger partial charge in [0, 0.05) is 10.3 Å². The molecule has 0 fully saturated rings. The molecule has 1 aliphatic carbocycles. The third kappa shape index (κ3) is 3.99. The van der Waals surface area contributed by atoms with Gasteiger partial charge in [0.15, 0.2) is 0 Å². The zero-order valence-corrected chi connectivity index (χ0v) is 18.1. The van der Waals surface area contributed by atoms with Crippen LogP contribution in [0.2, 0.25) is 0 Å². The predicted octanol–water partition coefficient (Wildman–Crippen LogP) is 2.64. The van der Waals surface area contributed by atoms with Crippen LogP contribution < -0.4 is 16.2 Å². The topological polar surface area (TPSA) is 106 Å². The summed E-state index contributed by atoms with van der Waals surface area (Å²) in [6.07, 6.45) is 7.05. The first kappa shape index (κ1) is 20.3. The number of fused-ring (bicyclic) bond motifs is 4. The molecule has 4 aromatic rings. The van der Waals surface area contributed by atoms with Crippen LogP contribution >= 0.6 is 11.3 Å². The van der Waals surface area contributed by atoms with E-state index < -0.39 is 5.91 Å². The SMILES string of the molecule is O=C(Cn1cnc2sc3c(c2c1=O)CCCC3)NCC(=O)Nc1cnc2ccccc2c1.